The second-order valence-corrected chi connectivity index (χ2v) is 4.82. The highest BCUT2D eigenvalue weighted by Gasteiger charge is 2.18. The van der Waals surface area contributed by atoms with E-state index >= 15 is 0 Å². The van der Waals surface area contributed by atoms with Crippen molar-refractivity contribution >= 4 is 23.4 Å². The number of carbonyl (C=O) groups excluding carboxylic acids is 1. The molecule has 104 valence electrons. The molecule has 0 aliphatic heterocycles. The van der Waals surface area contributed by atoms with Crippen LogP contribution in [0.3, 0.4) is 0 Å². The zero-order valence-electron chi connectivity index (χ0n) is 11.2. The SMILES string of the molecule is CNCCN(C)C(=O)c1ccc(SC)c([N+](=O)[O-])c1. The van der Waals surface area contributed by atoms with Gasteiger partial charge < -0.3 is 10.2 Å². The Morgan fingerprint density at radius 2 is 2.21 bits per heavy atom. The first-order chi connectivity index (χ1) is 9.01. The van der Waals surface area contributed by atoms with E-state index in [1.54, 1.807) is 32.5 Å². The van der Waals surface area contributed by atoms with Crippen molar-refractivity contribution in [1.82, 2.24) is 10.2 Å². The molecule has 0 aliphatic rings. The maximum atomic E-state index is 12.1. The van der Waals surface area contributed by atoms with Crippen LogP contribution in [0.15, 0.2) is 23.1 Å². The van der Waals surface area contributed by atoms with E-state index in [0.29, 0.717) is 23.5 Å². The van der Waals surface area contributed by atoms with Gasteiger partial charge in [0.25, 0.3) is 11.6 Å². The fraction of sp³-hybridized carbons (Fsp3) is 0.417. The molecule has 1 N–H and O–H groups in total. The predicted molar refractivity (Wildman–Crippen MR) is 75.8 cm³/mol. The first kappa shape index (κ1) is 15.5. The second-order valence-electron chi connectivity index (χ2n) is 3.97. The summed E-state index contributed by atoms with van der Waals surface area (Å²) < 4.78 is 0. The number of nitro groups is 1. The fourth-order valence-electron chi connectivity index (χ4n) is 1.57. The number of rotatable bonds is 6. The molecule has 0 aliphatic carbocycles. The maximum Gasteiger partial charge on any atom is 0.283 e. The molecule has 7 heteroatoms. The van der Waals surface area contributed by atoms with E-state index in [0.717, 1.165) is 0 Å². The lowest BCUT2D eigenvalue weighted by atomic mass is 10.2. The van der Waals surface area contributed by atoms with Crippen molar-refractivity contribution in [3.63, 3.8) is 0 Å². The second kappa shape index (κ2) is 7.10. The van der Waals surface area contributed by atoms with Crippen molar-refractivity contribution in [3.8, 4) is 0 Å². The van der Waals surface area contributed by atoms with Crippen molar-refractivity contribution in [3.05, 3.63) is 33.9 Å². The standard InChI is InChI=1S/C12H17N3O3S/c1-13-6-7-14(2)12(16)9-4-5-11(19-3)10(8-9)15(17)18/h4-5,8,13H,6-7H2,1-3H3. The maximum absolute atomic E-state index is 12.1. The first-order valence-corrected chi connectivity index (χ1v) is 6.96. The highest BCUT2D eigenvalue weighted by Crippen LogP contribution is 2.28. The minimum atomic E-state index is -0.462. The Bertz CT molecular complexity index is 479. The van der Waals surface area contributed by atoms with E-state index in [1.165, 1.54) is 22.7 Å². The summed E-state index contributed by atoms with van der Waals surface area (Å²) >= 11 is 1.29. The highest BCUT2D eigenvalue weighted by molar-refractivity contribution is 7.98. The average molecular weight is 283 g/mol. The molecule has 0 fully saturated rings. The van der Waals surface area contributed by atoms with Gasteiger partial charge in [0.2, 0.25) is 0 Å². The molecule has 0 saturated carbocycles. The van der Waals surface area contributed by atoms with Crippen molar-refractivity contribution in [1.29, 1.82) is 0 Å². The van der Waals surface area contributed by atoms with Crippen LogP contribution in [0.25, 0.3) is 0 Å². The van der Waals surface area contributed by atoms with E-state index in [1.807, 2.05) is 0 Å². The molecular weight excluding hydrogens is 266 g/mol. The van der Waals surface area contributed by atoms with Gasteiger partial charge in [-0.3, -0.25) is 14.9 Å². The van der Waals surface area contributed by atoms with Crippen molar-refractivity contribution in [2.24, 2.45) is 0 Å². The Balaban J connectivity index is 2.98. The van der Waals surface area contributed by atoms with E-state index in [-0.39, 0.29) is 11.6 Å². The molecule has 1 aromatic carbocycles. The first-order valence-electron chi connectivity index (χ1n) is 5.73. The van der Waals surface area contributed by atoms with Crippen molar-refractivity contribution < 1.29 is 9.72 Å². The zero-order chi connectivity index (χ0) is 14.4. The van der Waals surface area contributed by atoms with E-state index in [4.69, 9.17) is 0 Å². The third kappa shape index (κ3) is 3.93. The molecule has 0 unspecified atom stereocenters. The predicted octanol–water partition coefficient (Wildman–Crippen LogP) is 1.61. The summed E-state index contributed by atoms with van der Waals surface area (Å²) in [5.74, 6) is -0.217. The molecule has 1 rings (SSSR count). The number of carbonyl (C=O) groups is 1. The summed E-state index contributed by atoms with van der Waals surface area (Å²) in [4.78, 5) is 24.7. The molecule has 1 amide bonds. The van der Waals surface area contributed by atoms with Crippen LogP contribution in [0, 0.1) is 10.1 Å². The van der Waals surface area contributed by atoms with Gasteiger partial charge in [0.1, 0.15) is 0 Å². The minimum absolute atomic E-state index is 0.0274. The summed E-state index contributed by atoms with van der Waals surface area (Å²) in [5.41, 5.74) is 0.309. The Kier molecular flexibility index (Phi) is 5.78. The van der Waals surface area contributed by atoms with E-state index < -0.39 is 4.92 Å². The zero-order valence-corrected chi connectivity index (χ0v) is 12.0. The molecule has 0 aromatic heterocycles. The molecule has 0 bridgehead atoms. The van der Waals surface area contributed by atoms with Crippen LogP contribution in [-0.4, -0.2) is 49.2 Å². The van der Waals surface area contributed by atoms with Gasteiger partial charge in [-0.05, 0) is 25.4 Å². The Morgan fingerprint density at radius 3 is 2.74 bits per heavy atom. The summed E-state index contributed by atoms with van der Waals surface area (Å²) in [7, 11) is 3.48. The van der Waals surface area contributed by atoms with Gasteiger partial charge in [-0.25, -0.2) is 0 Å². The molecular formula is C12H17N3O3S. The van der Waals surface area contributed by atoms with Crippen LogP contribution < -0.4 is 5.32 Å². The van der Waals surface area contributed by atoms with Crippen LogP contribution in [0.1, 0.15) is 10.4 Å². The Hall–Kier alpha value is -1.60. The topological polar surface area (TPSA) is 75.5 Å². The number of hydrogen-bond donors (Lipinski definition) is 1. The molecule has 6 nitrogen and oxygen atoms in total. The fourth-order valence-corrected chi connectivity index (χ4v) is 2.11. The largest absolute Gasteiger partial charge is 0.340 e. The van der Waals surface area contributed by atoms with Gasteiger partial charge in [-0.2, -0.15) is 0 Å². The van der Waals surface area contributed by atoms with Gasteiger partial charge in [0, 0.05) is 31.8 Å². The van der Waals surface area contributed by atoms with Crippen LogP contribution in [-0.2, 0) is 0 Å². The van der Waals surface area contributed by atoms with Crippen molar-refractivity contribution in [2.75, 3.05) is 33.4 Å². The van der Waals surface area contributed by atoms with Crippen molar-refractivity contribution in [2.45, 2.75) is 4.90 Å². The highest BCUT2D eigenvalue weighted by atomic mass is 32.2. The summed E-state index contributed by atoms with van der Waals surface area (Å²) in [6.45, 7) is 1.22. The molecule has 0 heterocycles. The third-order valence-electron chi connectivity index (χ3n) is 2.67. The van der Waals surface area contributed by atoms with Gasteiger partial charge >= 0.3 is 0 Å². The lowest BCUT2D eigenvalue weighted by molar-refractivity contribution is -0.387. The van der Waals surface area contributed by atoms with Gasteiger partial charge in [0.15, 0.2) is 0 Å². The number of nitrogens with zero attached hydrogens (tertiary/aromatic N) is 2. The molecule has 19 heavy (non-hydrogen) atoms. The van der Waals surface area contributed by atoms with Crippen LogP contribution in [0.4, 0.5) is 5.69 Å². The number of nitro benzene ring substituents is 1. The normalized spacial score (nSPS) is 10.3. The van der Waals surface area contributed by atoms with Gasteiger partial charge in [-0.1, -0.05) is 0 Å². The monoisotopic (exact) mass is 283 g/mol. The van der Waals surface area contributed by atoms with E-state index in [2.05, 4.69) is 5.32 Å². The number of hydrogen-bond acceptors (Lipinski definition) is 5. The Morgan fingerprint density at radius 1 is 1.53 bits per heavy atom. The number of thioether (sulfide) groups is 1. The minimum Gasteiger partial charge on any atom is -0.340 e. The number of nitrogens with one attached hydrogen (secondary N) is 1. The number of likely N-dealkylation sites (N-methyl/N-ethyl adjacent to an activating group) is 2. The third-order valence-corrected chi connectivity index (χ3v) is 3.45. The summed E-state index contributed by atoms with van der Waals surface area (Å²) in [6.07, 6.45) is 1.77. The quantitative estimate of drug-likeness (QED) is 0.487. The smallest absolute Gasteiger partial charge is 0.283 e. The Labute approximate surface area is 116 Å². The van der Waals surface area contributed by atoms with E-state index in [9.17, 15) is 14.9 Å². The molecule has 0 atom stereocenters. The molecule has 0 spiro atoms. The van der Waals surface area contributed by atoms with Gasteiger partial charge in [0.05, 0.1) is 9.82 Å². The average Bonchev–Trinajstić information content (AvgIpc) is 2.42. The summed E-state index contributed by atoms with van der Waals surface area (Å²) in [6, 6.07) is 4.57. The molecule has 1 aromatic rings. The molecule has 0 radical (unpaired) electrons. The number of benzene rings is 1. The van der Waals surface area contributed by atoms with Crippen LogP contribution >= 0.6 is 11.8 Å². The lowest BCUT2D eigenvalue weighted by Gasteiger charge is -2.17. The van der Waals surface area contributed by atoms with Crippen LogP contribution in [0.2, 0.25) is 0 Å². The molecule has 0 saturated heterocycles. The van der Waals surface area contributed by atoms with Crippen LogP contribution in [0.5, 0.6) is 0 Å². The lowest BCUT2D eigenvalue weighted by Crippen LogP contribution is -2.32. The number of amides is 1. The summed E-state index contributed by atoms with van der Waals surface area (Å²) in [5, 5.41) is 13.9. The van der Waals surface area contributed by atoms with Gasteiger partial charge in [-0.15, -0.1) is 11.8 Å².